The van der Waals surface area contributed by atoms with E-state index < -0.39 is 30.5 Å². The smallest absolute Gasteiger partial charge is 0.393 e. The molecule has 8 heteroatoms. The van der Waals surface area contributed by atoms with E-state index in [0.29, 0.717) is 11.8 Å². The lowest BCUT2D eigenvalue weighted by molar-refractivity contribution is -0.188. The molecule has 0 bridgehead atoms. The number of carbonyl (C=O) groups excluding carboxylic acids is 1. The predicted octanol–water partition coefficient (Wildman–Crippen LogP) is 1.49. The molecule has 0 aromatic carbocycles. The Morgan fingerprint density at radius 3 is 2.09 bits per heavy atom. The number of amides is 1. The molecule has 1 saturated heterocycles. The lowest BCUT2D eigenvalue weighted by Crippen LogP contribution is -2.43. The van der Waals surface area contributed by atoms with Gasteiger partial charge in [0.25, 0.3) is 0 Å². The van der Waals surface area contributed by atoms with E-state index in [0.717, 1.165) is 25.7 Å². The Balaban J connectivity index is 1.55. The van der Waals surface area contributed by atoms with Gasteiger partial charge < -0.3 is 10.4 Å². The second kappa shape index (κ2) is 5.96. The summed E-state index contributed by atoms with van der Waals surface area (Å²) in [5.74, 6) is -4.12. The fraction of sp³-hybridized carbons (Fsp3) is 0.867. The van der Waals surface area contributed by atoms with E-state index in [2.05, 4.69) is 5.32 Å². The summed E-state index contributed by atoms with van der Waals surface area (Å²) in [6, 6.07) is 0.152. The van der Waals surface area contributed by atoms with Gasteiger partial charge in [0.15, 0.2) is 0 Å². The molecule has 2 N–H and O–H groups in total. The van der Waals surface area contributed by atoms with Gasteiger partial charge in [0, 0.05) is 19.1 Å². The van der Waals surface area contributed by atoms with E-state index in [-0.39, 0.29) is 25.0 Å². The minimum absolute atomic E-state index is 0.152. The number of carbonyl (C=O) groups is 2. The standard InChI is InChI=1S/C15H21F3N2O3/c16-15(17,18)11-6-20(5-10(11)14(22)23)7-12(21)19-13(8-1-2-8)9-3-4-9/h8-11,13H,1-7H2,(H,19,21)(H,22,23)/t10-,11-/m1/s1. The zero-order valence-electron chi connectivity index (χ0n) is 12.7. The third-order valence-corrected chi connectivity index (χ3v) is 5.09. The van der Waals surface area contributed by atoms with Gasteiger partial charge in [-0.2, -0.15) is 13.2 Å². The molecule has 2 saturated carbocycles. The molecule has 130 valence electrons. The summed E-state index contributed by atoms with van der Waals surface area (Å²) >= 11 is 0. The molecule has 0 spiro atoms. The maximum atomic E-state index is 12.9. The summed E-state index contributed by atoms with van der Waals surface area (Å²) in [6.45, 7) is -0.817. The van der Waals surface area contributed by atoms with Crippen LogP contribution in [0.25, 0.3) is 0 Å². The highest BCUT2D eigenvalue weighted by Gasteiger charge is 2.52. The Labute approximate surface area is 132 Å². The second-order valence-corrected chi connectivity index (χ2v) is 7.06. The summed E-state index contributed by atoms with van der Waals surface area (Å²) in [6.07, 6.45) is -0.158. The summed E-state index contributed by atoms with van der Waals surface area (Å²) < 4.78 is 38.8. The zero-order valence-corrected chi connectivity index (χ0v) is 12.7. The van der Waals surface area contributed by atoms with Gasteiger partial charge >= 0.3 is 12.1 Å². The van der Waals surface area contributed by atoms with Crippen molar-refractivity contribution in [3.8, 4) is 0 Å². The maximum absolute atomic E-state index is 12.9. The first-order valence-corrected chi connectivity index (χ1v) is 8.07. The number of hydrogen-bond acceptors (Lipinski definition) is 3. The topological polar surface area (TPSA) is 69.6 Å². The number of carboxylic acids is 1. The third-order valence-electron chi connectivity index (χ3n) is 5.09. The number of halogens is 3. The minimum atomic E-state index is -4.56. The fourth-order valence-corrected chi connectivity index (χ4v) is 3.56. The lowest BCUT2D eigenvalue weighted by Gasteiger charge is -2.21. The molecule has 1 heterocycles. The van der Waals surface area contributed by atoms with Crippen LogP contribution in [0.4, 0.5) is 13.2 Å². The van der Waals surface area contributed by atoms with Gasteiger partial charge in [0.2, 0.25) is 5.91 Å². The highest BCUT2D eigenvalue weighted by molar-refractivity contribution is 5.79. The molecule has 0 aromatic heterocycles. The third kappa shape index (κ3) is 3.97. The lowest BCUT2D eigenvalue weighted by atomic mass is 9.96. The van der Waals surface area contributed by atoms with Gasteiger partial charge in [-0.05, 0) is 37.5 Å². The van der Waals surface area contributed by atoms with Crippen LogP contribution in [-0.2, 0) is 9.59 Å². The first-order valence-electron chi connectivity index (χ1n) is 8.07. The Hall–Kier alpha value is -1.31. The van der Waals surface area contributed by atoms with Gasteiger partial charge in [-0.25, -0.2) is 0 Å². The summed E-state index contributed by atoms with van der Waals surface area (Å²) in [5, 5.41) is 11.9. The minimum Gasteiger partial charge on any atom is -0.481 e. The first-order chi connectivity index (χ1) is 10.8. The van der Waals surface area contributed by atoms with Crippen molar-refractivity contribution in [3.05, 3.63) is 0 Å². The number of hydrogen-bond donors (Lipinski definition) is 2. The number of aliphatic carboxylic acids is 1. The molecule has 1 aliphatic heterocycles. The van der Waals surface area contributed by atoms with Gasteiger partial charge in [-0.15, -0.1) is 0 Å². The van der Waals surface area contributed by atoms with Crippen LogP contribution in [-0.4, -0.2) is 53.7 Å². The second-order valence-electron chi connectivity index (χ2n) is 7.06. The van der Waals surface area contributed by atoms with Crippen LogP contribution in [0.5, 0.6) is 0 Å². The van der Waals surface area contributed by atoms with Crippen LogP contribution >= 0.6 is 0 Å². The average Bonchev–Trinajstić information content (AvgIpc) is 3.33. The normalized spacial score (nSPS) is 29.0. The van der Waals surface area contributed by atoms with Gasteiger partial charge in [-0.1, -0.05) is 0 Å². The molecule has 3 rings (SSSR count). The molecular weight excluding hydrogens is 313 g/mol. The summed E-state index contributed by atoms with van der Waals surface area (Å²) in [4.78, 5) is 24.5. The van der Waals surface area contributed by atoms with E-state index in [1.54, 1.807) is 0 Å². The molecule has 0 radical (unpaired) electrons. The number of alkyl halides is 3. The van der Waals surface area contributed by atoms with E-state index in [9.17, 15) is 22.8 Å². The number of rotatable bonds is 6. The molecule has 0 aromatic rings. The van der Waals surface area contributed by atoms with Gasteiger partial charge in [0.1, 0.15) is 0 Å². The van der Waals surface area contributed by atoms with Gasteiger partial charge in [-0.3, -0.25) is 14.5 Å². The van der Waals surface area contributed by atoms with Crippen LogP contribution in [0.3, 0.4) is 0 Å². The molecular formula is C15H21F3N2O3. The van der Waals surface area contributed by atoms with Crippen LogP contribution in [0.2, 0.25) is 0 Å². The monoisotopic (exact) mass is 334 g/mol. The SMILES string of the molecule is O=C(CN1C[C@@H](C(F)(F)F)[C@H](C(=O)O)C1)NC(C1CC1)C1CC1. The predicted molar refractivity (Wildman–Crippen MR) is 74.5 cm³/mol. The summed E-state index contributed by atoms with van der Waals surface area (Å²) in [7, 11) is 0. The van der Waals surface area contributed by atoms with Gasteiger partial charge in [0.05, 0.1) is 18.4 Å². The number of carboxylic acid groups (broad SMARTS) is 1. The van der Waals surface area contributed by atoms with Crippen molar-refractivity contribution in [2.24, 2.45) is 23.7 Å². The molecule has 3 aliphatic rings. The number of nitrogens with zero attached hydrogens (tertiary/aromatic N) is 1. The van der Waals surface area contributed by atoms with E-state index in [1.807, 2.05) is 0 Å². The van der Waals surface area contributed by atoms with Crippen LogP contribution in [0.15, 0.2) is 0 Å². The number of likely N-dealkylation sites (tertiary alicyclic amines) is 1. The average molecular weight is 334 g/mol. The molecule has 5 nitrogen and oxygen atoms in total. The number of nitrogens with one attached hydrogen (secondary N) is 1. The van der Waals surface area contributed by atoms with Crippen molar-refractivity contribution in [2.75, 3.05) is 19.6 Å². The molecule has 1 amide bonds. The maximum Gasteiger partial charge on any atom is 0.393 e. The Morgan fingerprint density at radius 2 is 1.70 bits per heavy atom. The quantitative estimate of drug-likeness (QED) is 0.772. The zero-order chi connectivity index (χ0) is 16.8. The Morgan fingerprint density at radius 1 is 1.13 bits per heavy atom. The highest BCUT2D eigenvalue weighted by atomic mass is 19.4. The van der Waals surface area contributed by atoms with Crippen LogP contribution < -0.4 is 5.32 Å². The Kier molecular flexibility index (Phi) is 4.29. The fourth-order valence-electron chi connectivity index (χ4n) is 3.56. The molecule has 2 atom stereocenters. The van der Waals surface area contributed by atoms with E-state index >= 15 is 0 Å². The van der Waals surface area contributed by atoms with Crippen molar-refractivity contribution in [3.63, 3.8) is 0 Å². The van der Waals surface area contributed by atoms with Crippen molar-refractivity contribution in [1.82, 2.24) is 10.2 Å². The van der Waals surface area contributed by atoms with E-state index in [1.165, 1.54) is 4.90 Å². The Bertz CT molecular complexity index is 477. The van der Waals surface area contributed by atoms with Crippen LogP contribution in [0, 0.1) is 23.7 Å². The summed E-state index contributed by atoms with van der Waals surface area (Å²) in [5.41, 5.74) is 0. The molecule has 3 fully saturated rings. The molecule has 23 heavy (non-hydrogen) atoms. The van der Waals surface area contributed by atoms with E-state index in [4.69, 9.17) is 5.11 Å². The van der Waals surface area contributed by atoms with Crippen LogP contribution in [0.1, 0.15) is 25.7 Å². The van der Waals surface area contributed by atoms with Crippen molar-refractivity contribution in [2.45, 2.75) is 37.9 Å². The largest absolute Gasteiger partial charge is 0.481 e. The highest BCUT2D eigenvalue weighted by Crippen LogP contribution is 2.44. The first kappa shape index (κ1) is 16.5. The van der Waals surface area contributed by atoms with Crippen molar-refractivity contribution >= 4 is 11.9 Å². The molecule has 2 aliphatic carbocycles. The van der Waals surface area contributed by atoms with Crippen molar-refractivity contribution < 1.29 is 27.9 Å². The van der Waals surface area contributed by atoms with Crippen molar-refractivity contribution in [1.29, 1.82) is 0 Å². The molecule has 0 unspecified atom stereocenters.